The molecule has 1 heterocycles. The lowest BCUT2D eigenvalue weighted by atomic mass is 10.1. The fraction of sp³-hybridized carbons (Fsp3) is 0.615. The maximum absolute atomic E-state index is 11.7. The second-order valence-electron chi connectivity index (χ2n) is 5.01. The number of anilines is 1. The second kappa shape index (κ2) is 7.84. The van der Waals surface area contributed by atoms with Crippen LogP contribution in [0.3, 0.4) is 0 Å². The number of esters is 1. The summed E-state index contributed by atoms with van der Waals surface area (Å²) < 4.78 is 4.89. The normalized spacial score (nSPS) is 10.4. The SMILES string of the molecule is CC(C)CCNc1nc(C(=O)OCC(=O)N(C)C)cs1. The molecule has 1 amide bonds. The quantitative estimate of drug-likeness (QED) is 0.778. The minimum absolute atomic E-state index is 0.230. The third-order valence-electron chi connectivity index (χ3n) is 2.54. The number of hydrogen-bond donors (Lipinski definition) is 1. The van der Waals surface area contributed by atoms with Crippen LogP contribution in [0.25, 0.3) is 0 Å². The molecule has 0 atom stereocenters. The first kappa shape index (κ1) is 16.4. The molecule has 1 aromatic heterocycles. The lowest BCUT2D eigenvalue weighted by Crippen LogP contribution is -2.27. The molecule has 20 heavy (non-hydrogen) atoms. The van der Waals surface area contributed by atoms with Crippen LogP contribution < -0.4 is 5.32 Å². The number of amides is 1. The van der Waals surface area contributed by atoms with Gasteiger partial charge in [-0.1, -0.05) is 13.8 Å². The molecule has 0 bridgehead atoms. The Morgan fingerprint density at radius 1 is 1.45 bits per heavy atom. The molecule has 0 unspecified atom stereocenters. The van der Waals surface area contributed by atoms with E-state index in [4.69, 9.17) is 4.74 Å². The predicted octanol–water partition coefficient (Wildman–Crippen LogP) is 1.85. The lowest BCUT2D eigenvalue weighted by molar-refractivity contribution is -0.131. The summed E-state index contributed by atoms with van der Waals surface area (Å²) in [6.07, 6.45) is 1.04. The number of likely N-dealkylation sites (N-methyl/N-ethyl adjacent to an activating group) is 1. The van der Waals surface area contributed by atoms with Crippen molar-refractivity contribution in [2.45, 2.75) is 20.3 Å². The van der Waals surface area contributed by atoms with Gasteiger partial charge in [0, 0.05) is 26.0 Å². The summed E-state index contributed by atoms with van der Waals surface area (Å²) in [6.45, 7) is 4.85. The third-order valence-corrected chi connectivity index (χ3v) is 3.34. The molecule has 1 N–H and O–H groups in total. The van der Waals surface area contributed by atoms with E-state index in [0.717, 1.165) is 13.0 Å². The van der Waals surface area contributed by atoms with Crippen molar-refractivity contribution in [1.29, 1.82) is 0 Å². The van der Waals surface area contributed by atoms with Crippen LogP contribution in [0.2, 0.25) is 0 Å². The first-order valence-corrected chi connectivity index (χ1v) is 7.34. The Kier molecular flexibility index (Phi) is 6.44. The largest absolute Gasteiger partial charge is 0.451 e. The number of ether oxygens (including phenoxy) is 1. The van der Waals surface area contributed by atoms with Crippen LogP contribution >= 0.6 is 11.3 Å². The van der Waals surface area contributed by atoms with Crippen LogP contribution in [0.4, 0.5) is 5.13 Å². The van der Waals surface area contributed by atoms with Crippen molar-refractivity contribution in [1.82, 2.24) is 9.88 Å². The van der Waals surface area contributed by atoms with Gasteiger partial charge in [0.25, 0.3) is 5.91 Å². The molecule has 0 aromatic carbocycles. The zero-order valence-corrected chi connectivity index (χ0v) is 13.1. The van der Waals surface area contributed by atoms with E-state index in [1.807, 2.05) is 0 Å². The van der Waals surface area contributed by atoms with Crippen LogP contribution in [0, 0.1) is 5.92 Å². The smallest absolute Gasteiger partial charge is 0.358 e. The summed E-state index contributed by atoms with van der Waals surface area (Å²) in [5.41, 5.74) is 0.230. The summed E-state index contributed by atoms with van der Waals surface area (Å²) in [6, 6.07) is 0. The molecule has 0 aliphatic rings. The molecule has 112 valence electrons. The van der Waals surface area contributed by atoms with Gasteiger partial charge in [-0.15, -0.1) is 11.3 Å². The molecule has 1 aromatic rings. The van der Waals surface area contributed by atoms with E-state index in [1.54, 1.807) is 19.5 Å². The molecule has 0 saturated heterocycles. The van der Waals surface area contributed by atoms with Crippen molar-refractivity contribution < 1.29 is 14.3 Å². The van der Waals surface area contributed by atoms with E-state index < -0.39 is 5.97 Å². The highest BCUT2D eigenvalue weighted by molar-refractivity contribution is 7.13. The van der Waals surface area contributed by atoms with Gasteiger partial charge in [-0.25, -0.2) is 9.78 Å². The molecule has 0 fully saturated rings. The van der Waals surface area contributed by atoms with E-state index in [0.29, 0.717) is 11.0 Å². The van der Waals surface area contributed by atoms with Gasteiger partial charge in [0.15, 0.2) is 17.4 Å². The number of nitrogens with zero attached hydrogens (tertiary/aromatic N) is 2. The topological polar surface area (TPSA) is 71.5 Å². The highest BCUT2D eigenvalue weighted by Gasteiger charge is 2.14. The number of hydrogen-bond acceptors (Lipinski definition) is 6. The maximum atomic E-state index is 11.7. The number of rotatable bonds is 7. The van der Waals surface area contributed by atoms with Crippen molar-refractivity contribution in [2.75, 3.05) is 32.6 Å². The van der Waals surface area contributed by atoms with E-state index in [2.05, 4.69) is 24.1 Å². The zero-order chi connectivity index (χ0) is 15.1. The summed E-state index contributed by atoms with van der Waals surface area (Å²) in [5, 5.41) is 5.48. The first-order chi connectivity index (χ1) is 9.40. The Balaban J connectivity index is 2.42. The Morgan fingerprint density at radius 2 is 2.15 bits per heavy atom. The standard InChI is InChI=1S/C13H21N3O3S/c1-9(2)5-6-14-13-15-10(8-20-13)12(18)19-7-11(17)16(3)4/h8-9H,5-7H2,1-4H3,(H,14,15). The van der Waals surface area contributed by atoms with Gasteiger partial charge in [0.1, 0.15) is 0 Å². The summed E-state index contributed by atoms with van der Waals surface area (Å²) >= 11 is 1.35. The van der Waals surface area contributed by atoms with Crippen LogP contribution in [0.15, 0.2) is 5.38 Å². The van der Waals surface area contributed by atoms with Crippen LogP contribution in [0.5, 0.6) is 0 Å². The molecule has 7 heteroatoms. The van der Waals surface area contributed by atoms with Gasteiger partial charge in [-0.05, 0) is 12.3 Å². The molecule has 0 spiro atoms. The molecule has 6 nitrogen and oxygen atoms in total. The number of carbonyl (C=O) groups excluding carboxylic acids is 2. The minimum atomic E-state index is -0.576. The van der Waals surface area contributed by atoms with Crippen molar-refractivity contribution in [3.05, 3.63) is 11.1 Å². The Bertz CT molecular complexity index is 457. The molecule has 1 rings (SSSR count). The average Bonchev–Trinajstić information content (AvgIpc) is 2.83. The van der Waals surface area contributed by atoms with Crippen molar-refractivity contribution in [3.8, 4) is 0 Å². The van der Waals surface area contributed by atoms with Crippen molar-refractivity contribution in [2.24, 2.45) is 5.92 Å². The Morgan fingerprint density at radius 3 is 2.75 bits per heavy atom. The predicted molar refractivity (Wildman–Crippen MR) is 79.0 cm³/mol. The van der Waals surface area contributed by atoms with Crippen LogP contribution in [0.1, 0.15) is 30.8 Å². The zero-order valence-electron chi connectivity index (χ0n) is 12.3. The van der Waals surface area contributed by atoms with Crippen molar-refractivity contribution >= 4 is 28.3 Å². The van der Waals surface area contributed by atoms with Gasteiger partial charge in [0.05, 0.1) is 0 Å². The summed E-state index contributed by atoms with van der Waals surface area (Å²) in [5.74, 6) is -0.221. The average molecular weight is 299 g/mol. The first-order valence-electron chi connectivity index (χ1n) is 6.46. The van der Waals surface area contributed by atoms with Crippen molar-refractivity contribution in [3.63, 3.8) is 0 Å². The van der Waals surface area contributed by atoms with Gasteiger partial charge in [0.2, 0.25) is 0 Å². The molecule has 0 saturated carbocycles. The van der Waals surface area contributed by atoms with Gasteiger partial charge >= 0.3 is 5.97 Å². The molecule has 0 aliphatic heterocycles. The Hall–Kier alpha value is -1.63. The molecule has 0 radical (unpaired) electrons. The summed E-state index contributed by atoms with van der Waals surface area (Å²) in [4.78, 5) is 28.5. The van der Waals surface area contributed by atoms with Crippen LogP contribution in [-0.2, 0) is 9.53 Å². The number of carbonyl (C=O) groups is 2. The lowest BCUT2D eigenvalue weighted by Gasteiger charge is -2.09. The van der Waals surface area contributed by atoms with Crippen LogP contribution in [-0.4, -0.2) is 49.0 Å². The fourth-order valence-corrected chi connectivity index (χ4v) is 1.96. The van der Waals surface area contributed by atoms with E-state index in [-0.39, 0.29) is 18.2 Å². The van der Waals surface area contributed by atoms with E-state index in [1.165, 1.54) is 16.2 Å². The summed E-state index contributed by atoms with van der Waals surface area (Å²) in [7, 11) is 3.21. The van der Waals surface area contributed by atoms with E-state index in [9.17, 15) is 9.59 Å². The Labute approximate surface area is 123 Å². The van der Waals surface area contributed by atoms with Gasteiger partial charge < -0.3 is 15.0 Å². The molecular formula is C13H21N3O3S. The van der Waals surface area contributed by atoms with Gasteiger partial charge in [-0.3, -0.25) is 4.79 Å². The number of aromatic nitrogens is 1. The third kappa shape index (κ3) is 5.56. The van der Waals surface area contributed by atoms with E-state index >= 15 is 0 Å². The minimum Gasteiger partial charge on any atom is -0.451 e. The number of nitrogens with one attached hydrogen (secondary N) is 1. The molecular weight excluding hydrogens is 278 g/mol. The fourth-order valence-electron chi connectivity index (χ4n) is 1.25. The number of thiazole rings is 1. The van der Waals surface area contributed by atoms with Gasteiger partial charge in [-0.2, -0.15) is 0 Å². The highest BCUT2D eigenvalue weighted by Crippen LogP contribution is 2.16. The monoisotopic (exact) mass is 299 g/mol. The maximum Gasteiger partial charge on any atom is 0.358 e. The molecule has 0 aliphatic carbocycles. The second-order valence-corrected chi connectivity index (χ2v) is 5.87. The highest BCUT2D eigenvalue weighted by atomic mass is 32.1.